The number of benzene rings is 1. The van der Waals surface area contributed by atoms with Crippen molar-refractivity contribution in [2.75, 3.05) is 5.73 Å². The molecule has 1 heterocycles. The van der Waals surface area contributed by atoms with Gasteiger partial charge in [0.15, 0.2) is 0 Å². The van der Waals surface area contributed by atoms with Gasteiger partial charge in [-0.05, 0) is 24.0 Å². The van der Waals surface area contributed by atoms with Crippen LogP contribution in [0.15, 0.2) is 12.1 Å². The molecule has 1 aliphatic rings. The highest BCUT2D eigenvalue weighted by atomic mass is 35.5. The van der Waals surface area contributed by atoms with Crippen LogP contribution in [0.2, 0.25) is 10.0 Å². The van der Waals surface area contributed by atoms with E-state index in [1.54, 1.807) is 6.07 Å². The molecule has 0 bridgehead atoms. The Balaban J connectivity index is 2.24. The van der Waals surface area contributed by atoms with E-state index in [0.717, 1.165) is 17.5 Å². The Labute approximate surface area is 110 Å². The van der Waals surface area contributed by atoms with Gasteiger partial charge in [0.05, 0.1) is 21.1 Å². The van der Waals surface area contributed by atoms with Crippen molar-refractivity contribution in [2.24, 2.45) is 5.41 Å². The standard InChI is InChI=1S/C12H13Cl2N3/c1-12(2)5-10(12)17-9-4-7(14)6(13)3-8(9)16-11(17)15/h3-4,10H,5H2,1-2H3,(H2,15,16). The number of nitrogens with zero attached hydrogens (tertiary/aromatic N) is 2. The molecule has 1 atom stereocenters. The molecule has 1 fully saturated rings. The minimum Gasteiger partial charge on any atom is -0.369 e. The molecule has 2 N–H and O–H groups in total. The molecule has 1 unspecified atom stereocenters. The normalized spacial score (nSPS) is 22.0. The fourth-order valence-electron chi connectivity index (χ4n) is 2.32. The maximum atomic E-state index is 6.05. The molecule has 5 heteroatoms. The van der Waals surface area contributed by atoms with Gasteiger partial charge in [-0.25, -0.2) is 4.98 Å². The third-order valence-electron chi connectivity index (χ3n) is 3.53. The van der Waals surface area contributed by atoms with Crippen molar-refractivity contribution in [1.82, 2.24) is 9.55 Å². The summed E-state index contributed by atoms with van der Waals surface area (Å²) in [5.41, 5.74) is 8.04. The number of fused-ring (bicyclic) bond motifs is 1. The second-order valence-electron chi connectivity index (χ2n) is 5.30. The first-order chi connectivity index (χ1) is 7.90. The number of imidazole rings is 1. The number of nitrogen functional groups attached to an aromatic ring is 1. The monoisotopic (exact) mass is 269 g/mol. The first kappa shape index (κ1) is 11.2. The predicted octanol–water partition coefficient (Wildman–Crippen LogP) is 3.90. The number of hydrogen-bond acceptors (Lipinski definition) is 2. The molecule has 0 spiro atoms. The molecule has 90 valence electrons. The van der Waals surface area contributed by atoms with Crippen LogP contribution in [0, 0.1) is 5.41 Å². The molecule has 0 saturated heterocycles. The van der Waals surface area contributed by atoms with Crippen LogP contribution in [-0.2, 0) is 0 Å². The number of nitrogens with two attached hydrogens (primary N) is 1. The number of rotatable bonds is 1. The summed E-state index contributed by atoms with van der Waals surface area (Å²) in [7, 11) is 0. The lowest BCUT2D eigenvalue weighted by molar-refractivity contribution is 0.553. The zero-order valence-electron chi connectivity index (χ0n) is 9.67. The summed E-state index contributed by atoms with van der Waals surface area (Å²) in [6.45, 7) is 4.45. The van der Waals surface area contributed by atoms with Crippen molar-refractivity contribution >= 4 is 40.2 Å². The predicted molar refractivity (Wildman–Crippen MR) is 71.6 cm³/mol. The van der Waals surface area contributed by atoms with Crippen molar-refractivity contribution in [1.29, 1.82) is 0 Å². The second kappa shape index (κ2) is 3.30. The third-order valence-corrected chi connectivity index (χ3v) is 4.25. The van der Waals surface area contributed by atoms with E-state index in [-0.39, 0.29) is 5.41 Å². The number of anilines is 1. The highest BCUT2D eigenvalue weighted by Gasteiger charge is 2.48. The van der Waals surface area contributed by atoms with Crippen LogP contribution in [-0.4, -0.2) is 9.55 Å². The average Bonchev–Trinajstić information content (AvgIpc) is 2.70. The van der Waals surface area contributed by atoms with Gasteiger partial charge in [0, 0.05) is 6.04 Å². The SMILES string of the molecule is CC1(C)CC1n1c(N)nc2cc(Cl)c(Cl)cc21. The van der Waals surface area contributed by atoms with Gasteiger partial charge in [0.2, 0.25) is 5.95 Å². The van der Waals surface area contributed by atoms with E-state index in [0.29, 0.717) is 22.0 Å². The van der Waals surface area contributed by atoms with E-state index in [1.165, 1.54) is 0 Å². The largest absolute Gasteiger partial charge is 0.369 e. The quantitative estimate of drug-likeness (QED) is 0.854. The Morgan fingerprint density at radius 1 is 1.35 bits per heavy atom. The van der Waals surface area contributed by atoms with Gasteiger partial charge in [-0.1, -0.05) is 37.0 Å². The summed E-state index contributed by atoms with van der Waals surface area (Å²) in [4.78, 5) is 4.34. The van der Waals surface area contributed by atoms with Crippen LogP contribution in [0.1, 0.15) is 26.3 Å². The summed E-state index contributed by atoms with van der Waals surface area (Å²) < 4.78 is 2.07. The van der Waals surface area contributed by atoms with E-state index >= 15 is 0 Å². The van der Waals surface area contributed by atoms with Crippen LogP contribution < -0.4 is 5.73 Å². The number of hydrogen-bond donors (Lipinski definition) is 1. The minimum absolute atomic E-state index is 0.286. The van der Waals surface area contributed by atoms with Gasteiger partial charge in [-0.3, -0.25) is 0 Å². The molecule has 1 aliphatic carbocycles. The average molecular weight is 270 g/mol. The van der Waals surface area contributed by atoms with Crippen LogP contribution >= 0.6 is 23.2 Å². The van der Waals surface area contributed by atoms with E-state index < -0.39 is 0 Å². The van der Waals surface area contributed by atoms with Crippen LogP contribution in [0.5, 0.6) is 0 Å². The second-order valence-corrected chi connectivity index (χ2v) is 6.12. The van der Waals surface area contributed by atoms with Gasteiger partial charge in [0.1, 0.15) is 0 Å². The summed E-state index contributed by atoms with van der Waals surface area (Å²) in [6, 6.07) is 4.02. The highest BCUT2D eigenvalue weighted by molar-refractivity contribution is 6.42. The summed E-state index contributed by atoms with van der Waals surface area (Å²) in [6.07, 6.45) is 1.11. The van der Waals surface area contributed by atoms with Gasteiger partial charge >= 0.3 is 0 Å². The number of aromatic nitrogens is 2. The van der Waals surface area contributed by atoms with Crippen LogP contribution in [0.25, 0.3) is 11.0 Å². The molecular formula is C12H13Cl2N3. The fraction of sp³-hybridized carbons (Fsp3) is 0.417. The lowest BCUT2D eigenvalue weighted by Crippen LogP contribution is -2.04. The molecule has 0 radical (unpaired) electrons. The molecule has 17 heavy (non-hydrogen) atoms. The Kier molecular flexibility index (Phi) is 2.17. The summed E-state index contributed by atoms with van der Waals surface area (Å²) in [5, 5.41) is 1.05. The van der Waals surface area contributed by atoms with Crippen molar-refractivity contribution in [2.45, 2.75) is 26.3 Å². The van der Waals surface area contributed by atoms with Crippen molar-refractivity contribution in [3.63, 3.8) is 0 Å². The van der Waals surface area contributed by atoms with Crippen molar-refractivity contribution < 1.29 is 0 Å². The highest BCUT2D eigenvalue weighted by Crippen LogP contribution is 2.57. The Hall–Kier alpha value is -0.930. The van der Waals surface area contributed by atoms with Gasteiger partial charge in [0.25, 0.3) is 0 Å². The third kappa shape index (κ3) is 1.60. The molecule has 3 rings (SSSR count). The van der Waals surface area contributed by atoms with Gasteiger partial charge in [-0.2, -0.15) is 0 Å². The summed E-state index contributed by atoms with van der Waals surface area (Å²) >= 11 is 12.0. The van der Waals surface area contributed by atoms with Crippen LogP contribution in [0.4, 0.5) is 5.95 Å². The fourth-order valence-corrected chi connectivity index (χ4v) is 2.63. The molecule has 1 aromatic carbocycles. The van der Waals surface area contributed by atoms with E-state index in [9.17, 15) is 0 Å². The molecule has 3 nitrogen and oxygen atoms in total. The topological polar surface area (TPSA) is 43.8 Å². The maximum absolute atomic E-state index is 6.05. The Morgan fingerprint density at radius 2 is 1.94 bits per heavy atom. The van der Waals surface area contributed by atoms with Crippen molar-refractivity contribution in [3.05, 3.63) is 22.2 Å². The molecule has 0 amide bonds. The molecule has 0 aliphatic heterocycles. The van der Waals surface area contributed by atoms with E-state index in [2.05, 4.69) is 23.4 Å². The van der Waals surface area contributed by atoms with Gasteiger partial charge in [-0.15, -0.1) is 0 Å². The van der Waals surface area contributed by atoms with E-state index in [4.69, 9.17) is 28.9 Å². The first-order valence-corrected chi connectivity index (χ1v) is 6.28. The zero-order chi connectivity index (χ0) is 12.4. The van der Waals surface area contributed by atoms with Gasteiger partial charge < -0.3 is 10.3 Å². The zero-order valence-corrected chi connectivity index (χ0v) is 11.2. The van der Waals surface area contributed by atoms with E-state index in [1.807, 2.05) is 6.07 Å². The molecule has 1 saturated carbocycles. The lowest BCUT2D eigenvalue weighted by atomic mass is 10.2. The molecule has 2 aromatic rings. The molecule has 1 aromatic heterocycles. The molecular weight excluding hydrogens is 257 g/mol. The lowest BCUT2D eigenvalue weighted by Gasteiger charge is -2.08. The Morgan fingerprint density at radius 3 is 2.53 bits per heavy atom. The summed E-state index contributed by atoms with van der Waals surface area (Å²) in [5.74, 6) is 0.536. The first-order valence-electron chi connectivity index (χ1n) is 5.52. The van der Waals surface area contributed by atoms with Crippen molar-refractivity contribution in [3.8, 4) is 0 Å². The maximum Gasteiger partial charge on any atom is 0.201 e. The smallest absolute Gasteiger partial charge is 0.201 e. The number of halogens is 2. The van der Waals surface area contributed by atoms with Crippen LogP contribution in [0.3, 0.4) is 0 Å². The Bertz CT molecular complexity index is 616. The minimum atomic E-state index is 0.286.